The molecule has 1 aromatic heterocycles. The third kappa shape index (κ3) is 5.92. The van der Waals surface area contributed by atoms with Crippen LogP contribution in [-0.2, 0) is 16.1 Å². The molecule has 1 amide bonds. The standard InChI is InChI=1S/C23H29NO6S/c1-2-3-4-5-19(25)15-6-8-16(9-7-15)24-18(20(26)12-22(24)27)14-30-13-17-10-11-21(31-17)23(28)29/h6-11,18-20,25-26H,2-5,12-14H2,1H3,(H,28,29). The zero-order valence-electron chi connectivity index (χ0n) is 17.6. The van der Waals surface area contributed by atoms with Gasteiger partial charge in [0.1, 0.15) is 4.88 Å². The summed E-state index contributed by atoms with van der Waals surface area (Å²) in [4.78, 5) is 26.0. The average molecular weight is 448 g/mol. The lowest BCUT2D eigenvalue weighted by Crippen LogP contribution is -2.40. The van der Waals surface area contributed by atoms with Gasteiger partial charge in [0.05, 0.1) is 37.9 Å². The summed E-state index contributed by atoms with van der Waals surface area (Å²) in [5.41, 5.74) is 1.47. The molecule has 0 radical (unpaired) electrons. The minimum absolute atomic E-state index is 0.0254. The number of hydrogen-bond acceptors (Lipinski definition) is 6. The van der Waals surface area contributed by atoms with Crippen LogP contribution in [0.15, 0.2) is 36.4 Å². The number of hydrogen-bond donors (Lipinski definition) is 3. The minimum atomic E-state index is -0.974. The van der Waals surface area contributed by atoms with Crippen molar-refractivity contribution in [3.63, 3.8) is 0 Å². The molecule has 7 nitrogen and oxygen atoms in total. The molecular weight excluding hydrogens is 418 g/mol. The molecule has 1 aromatic carbocycles. The van der Waals surface area contributed by atoms with Crippen LogP contribution >= 0.6 is 11.3 Å². The molecule has 2 heterocycles. The number of unbranched alkanes of at least 4 members (excludes halogenated alkanes) is 2. The molecule has 3 atom stereocenters. The quantitative estimate of drug-likeness (QED) is 0.453. The van der Waals surface area contributed by atoms with Crippen LogP contribution in [-0.4, -0.2) is 45.9 Å². The van der Waals surface area contributed by atoms with Crippen molar-refractivity contribution >= 4 is 28.9 Å². The monoisotopic (exact) mass is 447 g/mol. The minimum Gasteiger partial charge on any atom is -0.477 e. The van der Waals surface area contributed by atoms with Crippen molar-refractivity contribution in [2.45, 2.75) is 63.9 Å². The number of amides is 1. The number of ether oxygens (including phenoxy) is 1. The molecule has 0 spiro atoms. The summed E-state index contributed by atoms with van der Waals surface area (Å²) in [5, 5.41) is 29.7. The van der Waals surface area contributed by atoms with E-state index in [1.807, 2.05) is 12.1 Å². The third-order valence-corrected chi connectivity index (χ3v) is 6.52. The summed E-state index contributed by atoms with van der Waals surface area (Å²) in [6.07, 6.45) is 2.51. The Balaban J connectivity index is 1.61. The van der Waals surface area contributed by atoms with E-state index in [0.29, 0.717) is 12.1 Å². The molecule has 31 heavy (non-hydrogen) atoms. The number of aliphatic hydroxyl groups is 2. The Hall–Kier alpha value is -2.26. The number of rotatable bonds is 11. The predicted molar refractivity (Wildman–Crippen MR) is 118 cm³/mol. The number of anilines is 1. The molecule has 0 aliphatic carbocycles. The fraction of sp³-hybridized carbons (Fsp3) is 0.478. The van der Waals surface area contributed by atoms with Crippen molar-refractivity contribution < 1.29 is 29.6 Å². The second kappa shape index (κ2) is 10.9. The lowest BCUT2D eigenvalue weighted by Gasteiger charge is -2.26. The number of carbonyl (C=O) groups excluding carboxylic acids is 1. The first-order chi connectivity index (χ1) is 14.9. The Morgan fingerprint density at radius 3 is 2.61 bits per heavy atom. The molecule has 8 heteroatoms. The predicted octanol–water partition coefficient (Wildman–Crippen LogP) is 3.74. The number of thiophene rings is 1. The zero-order valence-corrected chi connectivity index (χ0v) is 18.4. The van der Waals surface area contributed by atoms with Gasteiger partial charge in [-0.05, 0) is 36.2 Å². The third-order valence-electron chi connectivity index (χ3n) is 5.47. The average Bonchev–Trinajstić information content (AvgIpc) is 3.33. The Morgan fingerprint density at radius 2 is 1.97 bits per heavy atom. The molecule has 0 saturated carbocycles. The molecule has 3 N–H and O–H groups in total. The topological polar surface area (TPSA) is 107 Å². The van der Waals surface area contributed by atoms with E-state index < -0.39 is 24.2 Å². The van der Waals surface area contributed by atoms with Crippen molar-refractivity contribution in [2.24, 2.45) is 0 Å². The lowest BCUT2D eigenvalue weighted by molar-refractivity contribution is -0.117. The number of benzene rings is 1. The summed E-state index contributed by atoms with van der Waals surface area (Å²) in [7, 11) is 0. The van der Waals surface area contributed by atoms with Gasteiger partial charge in [-0.25, -0.2) is 4.79 Å². The van der Waals surface area contributed by atoms with Crippen LogP contribution in [0.3, 0.4) is 0 Å². The molecule has 2 aromatic rings. The van der Waals surface area contributed by atoms with E-state index in [4.69, 9.17) is 9.84 Å². The maximum absolute atomic E-state index is 12.5. The van der Waals surface area contributed by atoms with Gasteiger partial charge >= 0.3 is 5.97 Å². The summed E-state index contributed by atoms with van der Waals surface area (Å²) in [6.45, 7) is 2.47. The van der Waals surface area contributed by atoms with Crippen molar-refractivity contribution in [2.75, 3.05) is 11.5 Å². The molecule has 0 bridgehead atoms. The van der Waals surface area contributed by atoms with Crippen molar-refractivity contribution in [1.82, 2.24) is 0 Å². The number of carboxylic acids is 1. The van der Waals surface area contributed by atoms with Gasteiger partial charge in [-0.1, -0.05) is 38.3 Å². The zero-order chi connectivity index (χ0) is 22.4. The summed E-state index contributed by atoms with van der Waals surface area (Å²) in [5.74, 6) is -1.15. The number of carbonyl (C=O) groups is 2. The Labute approximate surface area is 185 Å². The maximum atomic E-state index is 12.5. The van der Waals surface area contributed by atoms with Crippen LogP contribution in [0.25, 0.3) is 0 Å². The van der Waals surface area contributed by atoms with Gasteiger partial charge in [0, 0.05) is 10.6 Å². The van der Waals surface area contributed by atoms with Gasteiger partial charge in [0.25, 0.3) is 0 Å². The van der Waals surface area contributed by atoms with E-state index in [2.05, 4.69) is 6.92 Å². The number of aliphatic hydroxyl groups excluding tert-OH is 2. The summed E-state index contributed by atoms with van der Waals surface area (Å²) >= 11 is 1.14. The molecule has 1 aliphatic rings. The largest absolute Gasteiger partial charge is 0.477 e. The number of nitrogens with zero attached hydrogens (tertiary/aromatic N) is 1. The molecule has 168 valence electrons. The van der Waals surface area contributed by atoms with Gasteiger partial charge in [0.15, 0.2) is 0 Å². The van der Waals surface area contributed by atoms with Crippen molar-refractivity contribution in [1.29, 1.82) is 0 Å². The molecule has 1 fully saturated rings. The van der Waals surface area contributed by atoms with Crippen LogP contribution in [0.1, 0.15) is 65.2 Å². The smallest absolute Gasteiger partial charge is 0.345 e. The van der Waals surface area contributed by atoms with E-state index in [1.54, 1.807) is 23.1 Å². The van der Waals surface area contributed by atoms with E-state index in [1.165, 1.54) is 6.07 Å². The summed E-state index contributed by atoms with van der Waals surface area (Å²) < 4.78 is 5.71. The molecule has 3 rings (SSSR count). The van der Waals surface area contributed by atoms with Crippen LogP contribution in [0, 0.1) is 0 Å². The number of carboxylic acid groups (broad SMARTS) is 1. The van der Waals surface area contributed by atoms with Crippen molar-refractivity contribution in [3.05, 3.63) is 51.7 Å². The van der Waals surface area contributed by atoms with Crippen LogP contribution in [0.2, 0.25) is 0 Å². The Kier molecular flexibility index (Phi) is 8.20. The molecule has 3 unspecified atom stereocenters. The molecule has 1 aliphatic heterocycles. The van der Waals surface area contributed by atoms with E-state index in [9.17, 15) is 19.8 Å². The maximum Gasteiger partial charge on any atom is 0.345 e. The fourth-order valence-corrected chi connectivity index (χ4v) is 4.54. The van der Waals surface area contributed by atoms with Gasteiger partial charge in [-0.15, -0.1) is 11.3 Å². The van der Waals surface area contributed by atoms with Crippen LogP contribution in [0.4, 0.5) is 5.69 Å². The van der Waals surface area contributed by atoms with Gasteiger partial charge in [-0.2, -0.15) is 0 Å². The van der Waals surface area contributed by atoms with Gasteiger partial charge < -0.3 is 25.0 Å². The van der Waals surface area contributed by atoms with E-state index in [-0.39, 0.29) is 30.4 Å². The van der Waals surface area contributed by atoms with E-state index >= 15 is 0 Å². The number of aromatic carboxylic acids is 1. The first kappa shape index (κ1) is 23.4. The van der Waals surface area contributed by atoms with Gasteiger partial charge in [0.2, 0.25) is 5.91 Å². The van der Waals surface area contributed by atoms with Crippen LogP contribution < -0.4 is 4.90 Å². The Bertz CT molecular complexity index is 880. The second-order valence-electron chi connectivity index (χ2n) is 7.79. The highest BCUT2D eigenvalue weighted by molar-refractivity contribution is 7.13. The highest BCUT2D eigenvalue weighted by atomic mass is 32.1. The highest BCUT2D eigenvalue weighted by Crippen LogP contribution is 2.30. The normalized spacial score (nSPS) is 19.7. The molecular formula is C23H29NO6S. The summed E-state index contributed by atoms with van der Waals surface area (Å²) in [6, 6.07) is 9.93. The van der Waals surface area contributed by atoms with Crippen molar-refractivity contribution in [3.8, 4) is 0 Å². The second-order valence-corrected chi connectivity index (χ2v) is 8.96. The first-order valence-electron chi connectivity index (χ1n) is 10.6. The fourth-order valence-electron chi connectivity index (χ4n) is 3.75. The first-order valence-corrected chi connectivity index (χ1v) is 11.4. The van der Waals surface area contributed by atoms with Crippen LogP contribution in [0.5, 0.6) is 0 Å². The highest BCUT2D eigenvalue weighted by Gasteiger charge is 2.39. The lowest BCUT2D eigenvalue weighted by atomic mass is 10.0. The van der Waals surface area contributed by atoms with E-state index in [0.717, 1.165) is 41.0 Å². The Morgan fingerprint density at radius 1 is 1.23 bits per heavy atom. The van der Waals surface area contributed by atoms with Gasteiger partial charge in [-0.3, -0.25) is 4.79 Å². The SMILES string of the molecule is CCCCCC(O)c1ccc(N2C(=O)CC(O)C2COCc2ccc(C(=O)O)s2)cc1. The molecule has 1 saturated heterocycles.